The summed E-state index contributed by atoms with van der Waals surface area (Å²) in [5, 5.41) is 0. The van der Waals surface area contributed by atoms with Gasteiger partial charge in [-0.1, -0.05) is 32.9 Å². The molecular weight excluding hydrogens is 348 g/mol. The molecule has 5 nitrogen and oxygen atoms in total. The molecule has 146 valence electrons. The van der Waals surface area contributed by atoms with E-state index in [1.165, 1.54) is 4.31 Å². The van der Waals surface area contributed by atoms with Gasteiger partial charge in [0.15, 0.2) is 0 Å². The van der Waals surface area contributed by atoms with Crippen LogP contribution in [0.15, 0.2) is 29.2 Å². The molecule has 0 spiro atoms. The molecule has 0 N–H and O–H groups in total. The number of amides is 1. The Hall–Kier alpha value is -1.40. The largest absolute Gasteiger partial charge is 0.343 e. The first-order chi connectivity index (χ1) is 12.1. The monoisotopic (exact) mass is 380 g/mol. The zero-order chi connectivity index (χ0) is 19.5. The first-order valence-electron chi connectivity index (χ1n) is 9.50. The van der Waals surface area contributed by atoms with Gasteiger partial charge in [-0.15, -0.1) is 0 Å². The summed E-state index contributed by atoms with van der Waals surface area (Å²) in [4.78, 5) is 14.6. The van der Waals surface area contributed by atoms with Crippen LogP contribution in [0.25, 0.3) is 0 Å². The lowest BCUT2D eigenvalue weighted by molar-refractivity contribution is -0.136. The average molecular weight is 381 g/mol. The molecular formula is C20H32N2O3S. The number of sulfonamides is 1. The van der Waals surface area contributed by atoms with E-state index in [1.807, 2.05) is 30.9 Å². The Morgan fingerprint density at radius 1 is 1.08 bits per heavy atom. The molecule has 1 aliphatic rings. The van der Waals surface area contributed by atoms with Gasteiger partial charge in [0.2, 0.25) is 15.9 Å². The van der Waals surface area contributed by atoms with Crippen LogP contribution >= 0.6 is 0 Å². The van der Waals surface area contributed by atoms with Crippen molar-refractivity contribution in [1.29, 1.82) is 0 Å². The maximum Gasteiger partial charge on any atom is 0.243 e. The normalized spacial score (nSPS) is 17.3. The van der Waals surface area contributed by atoms with Crippen LogP contribution in [-0.2, 0) is 20.2 Å². The predicted octanol–water partition coefficient (Wildman–Crippen LogP) is 3.25. The smallest absolute Gasteiger partial charge is 0.243 e. The summed E-state index contributed by atoms with van der Waals surface area (Å²) in [5.41, 5.74) is 1.10. The fraction of sp³-hybridized carbons (Fsp3) is 0.650. The van der Waals surface area contributed by atoms with Crippen LogP contribution in [0.5, 0.6) is 0 Å². The van der Waals surface area contributed by atoms with Gasteiger partial charge in [-0.2, -0.15) is 4.31 Å². The highest BCUT2D eigenvalue weighted by Gasteiger charge is 2.33. The number of nitrogens with zero attached hydrogens (tertiary/aromatic N) is 2. The Morgan fingerprint density at radius 3 is 2.00 bits per heavy atom. The van der Waals surface area contributed by atoms with Crippen molar-refractivity contribution in [2.45, 2.75) is 57.8 Å². The molecule has 1 amide bonds. The van der Waals surface area contributed by atoms with Crippen LogP contribution in [0.2, 0.25) is 0 Å². The summed E-state index contributed by atoms with van der Waals surface area (Å²) < 4.78 is 27.3. The molecule has 1 fully saturated rings. The Kier molecular flexibility index (Phi) is 6.51. The van der Waals surface area contributed by atoms with E-state index in [1.54, 1.807) is 12.1 Å². The molecule has 1 aromatic rings. The van der Waals surface area contributed by atoms with Gasteiger partial charge in [0.05, 0.1) is 4.90 Å². The van der Waals surface area contributed by atoms with Crippen molar-refractivity contribution >= 4 is 15.9 Å². The maximum atomic E-state index is 12.9. The first-order valence-corrected chi connectivity index (χ1v) is 10.9. The number of piperidine rings is 1. The van der Waals surface area contributed by atoms with Crippen LogP contribution in [0.3, 0.4) is 0 Å². The van der Waals surface area contributed by atoms with Crippen LogP contribution < -0.4 is 0 Å². The molecule has 0 atom stereocenters. The van der Waals surface area contributed by atoms with E-state index in [0.717, 1.165) is 5.56 Å². The highest BCUT2D eigenvalue weighted by atomic mass is 32.2. The summed E-state index contributed by atoms with van der Waals surface area (Å²) in [7, 11) is -3.50. The van der Waals surface area contributed by atoms with Crippen molar-refractivity contribution < 1.29 is 13.2 Å². The molecule has 1 heterocycles. The Morgan fingerprint density at radius 2 is 1.58 bits per heavy atom. The Labute approximate surface area is 158 Å². The van der Waals surface area contributed by atoms with Crippen molar-refractivity contribution in [3.63, 3.8) is 0 Å². The number of carbonyl (C=O) groups is 1. The molecule has 1 aliphatic heterocycles. The molecule has 1 aromatic carbocycles. The summed E-state index contributed by atoms with van der Waals surface area (Å²) >= 11 is 0. The van der Waals surface area contributed by atoms with Crippen LogP contribution in [0, 0.1) is 5.92 Å². The minimum atomic E-state index is -3.50. The third-order valence-electron chi connectivity index (χ3n) is 5.24. The molecule has 6 heteroatoms. The predicted molar refractivity (Wildman–Crippen MR) is 105 cm³/mol. The van der Waals surface area contributed by atoms with Gasteiger partial charge in [0, 0.05) is 32.1 Å². The van der Waals surface area contributed by atoms with Crippen LogP contribution in [0.4, 0.5) is 0 Å². The fourth-order valence-corrected chi connectivity index (χ4v) is 4.88. The van der Waals surface area contributed by atoms with Crippen molar-refractivity contribution in [3.8, 4) is 0 Å². The van der Waals surface area contributed by atoms with E-state index >= 15 is 0 Å². The number of hydrogen-bond acceptors (Lipinski definition) is 3. The van der Waals surface area contributed by atoms with E-state index in [2.05, 4.69) is 20.8 Å². The number of benzene rings is 1. The van der Waals surface area contributed by atoms with Gasteiger partial charge in [-0.3, -0.25) is 4.79 Å². The third-order valence-corrected chi connectivity index (χ3v) is 7.15. The number of rotatable bonds is 5. The van der Waals surface area contributed by atoms with Gasteiger partial charge in [-0.25, -0.2) is 8.42 Å². The Bertz CT molecular complexity index is 708. The lowest BCUT2D eigenvalue weighted by Crippen LogP contribution is -2.44. The molecule has 0 bridgehead atoms. The van der Waals surface area contributed by atoms with Crippen molar-refractivity contribution in [3.05, 3.63) is 29.8 Å². The first kappa shape index (κ1) is 20.9. The van der Waals surface area contributed by atoms with Crippen molar-refractivity contribution in [2.24, 2.45) is 5.92 Å². The molecule has 1 saturated heterocycles. The van der Waals surface area contributed by atoms with E-state index in [0.29, 0.717) is 43.9 Å². The Balaban J connectivity index is 2.07. The second-order valence-corrected chi connectivity index (χ2v) is 9.90. The zero-order valence-electron chi connectivity index (χ0n) is 16.7. The molecule has 0 saturated carbocycles. The molecule has 0 aromatic heterocycles. The maximum absolute atomic E-state index is 12.9. The average Bonchev–Trinajstić information content (AvgIpc) is 2.62. The van der Waals surface area contributed by atoms with E-state index in [4.69, 9.17) is 0 Å². The fourth-order valence-electron chi connectivity index (χ4n) is 3.41. The minimum absolute atomic E-state index is 0.00850. The highest BCUT2D eigenvalue weighted by molar-refractivity contribution is 7.89. The van der Waals surface area contributed by atoms with E-state index < -0.39 is 10.0 Å². The van der Waals surface area contributed by atoms with Crippen molar-refractivity contribution in [2.75, 3.05) is 26.2 Å². The molecule has 26 heavy (non-hydrogen) atoms. The van der Waals surface area contributed by atoms with Gasteiger partial charge >= 0.3 is 0 Å². The highest BCUT2D eigenvalue weighted by Crippen LogP contribution is 2.27. The van der Waals surface area contributed by atoms with Gasteiger partial charge in [0.1, 0.15) is 0 Å². The molecule has 0 aliphatic carbocycles. The van der Waals surface area contributed by atoms with E-state index in [-0.39, 0.29) is 17.2 Å². The number of hydrogen-bond donors (Lipinski definition) is 0. The second kappa shape index (κ2) is 8.09. The topological polar surface area (TPSA) is 57.7 Å². The van der Waals surface area contributed by atoms with E-state index in [9.17, 15) is 13.2 Å². The number of carbonyl (C=O) groups excluding carboxylic acids is 1. The molecule has 2 rings (SSSR count). The third kappa shape index (κ3) is 4.46. The summed E-state index contributed by atoms with van der Waals surface area (Å²) in [5.74, 6) is 0.0891. The summed E-state index contributed by atoms with van der Waals surface area (Å²) in [6.07, 6.45) is 1.18. The quantitative estimate of drug-likeness (QED) is 0.788. The lowest BCUT2D eigenvalue weighted by atomic mass is 9.87. The SMILES string of the molecule is CCN(CC)C(=O)C1CCN(S(=O)(=O)c2ccc(C(C)(C)C)cc2)CC1. The zero-order valence-corrected chi connectivity index (χ0v) is 17.5. The van der Waals surface area contributed by atoms with Crippen molar-refractivity contribution in [1.82, 2.24) is 9.21 Å². The summed E-state index contributed by atoms with van der Waals surface area (Å²) in [6, 6.07) is 7.18. The van der Waals surface area contributed by atoms with Gasteiger partial charge < -0.3 is 4.90 Å². The van der Waals surface area contributed by atoms with Crippen LogP contribution in [0.1, 0.15) is 53.0 Å². The standard InChI is InChI=1S/C20H32N2O3S/c1-6-21(7-2)19(23)16-12-14-22(15-13-16)26(24,25)18-10-8-17(9-11-18)20(3,4)5/h8-11,16H,6-7,12-15H2,1-5H3. The second-order valence-electron chi connectivity index (χ2n) is 7.96. The summed E-state index contributed by atoms with van der Waals surface area (Å²) in [6.45, 7) is 12.5. The van der Waals surface area contributed by atoms with Gasteiger partial charge in [-0.05, 0) is 49.8 Å². The molecule has 0 radical (unpaired) electrons. The van der Waals surface area contributed by atoms with Crippen LogP contribution in [-0.4, -0.2) is 49.7 Å². The van der Waals surface area contributed by atoms with Gasteiger partial charge in [0.25, 0.3) is 0 Å². The lowest BCUT2D eigenvalue weighted by Gasteiger charge is -2.33. The minimum Gasteiger partial charge on any atom is -0.343 e. The molecule has 0 unspecified atom stereocenters.